The van der Waals surface area contributed by atoms with Crippen LogP contribution in [0.2, 0.25) is 0 Å². The number of halogens is 1. The monoisotopic (exact) mass is 222 g/mol. The molecule has 0 saturated carbocycles. The summed E-state index contributed by atoms with van der Waals surface area (Å²) in [6.07, 6.45) is 1.21. The molecule has 1 aromatic carbocycles. The average Bonchev–Trinajstić information content (AvgIpc) is 2.77. The molecule has 1 atom stereocenters. The van der Waals surface area contributed by atoms with Crippen LogP contribution in [0.3, 0.4) is 0 Å². The van der Waals surface area contributed by atoms with Gasteiger partial charge in [-0.1, -0.05) is 12.1 Å². The molecule has 0 radical (unpaired) electrons. The van der Waals surface area contributed by atoms with Gasteiger partial charge in [-0.25, -0.2) is 4.39 Å². The van der Waals surface area contributed by atoms with E-state index < -0.39 is 0 Å². The molecule has 1 saturated heterocycles. The molecule has 1 unspecified atom stereocenters. The van der Waals surface area contributed by atoms with E-state index in [0.717, 1.165) is 25.2 Å². The van der Waals surface area contributed by atoms with Gasteiger partial charge >= 0.3 is 0 Å². The summed E-state index contributed by atoms with van der Waals surface area (Å²) >= 11 is 0. The largest absolute Gasteiger partial charge is 0.315 e. The van der Waals surface area contributed by atoms with Crippen LogP contribution in [0.5, 0.6) is 0 Å². The van der Waals surface area contributed by atoms with Gasteiger partial charge in [0.25, 0.3) is 0 Å². The van der Waals surface area contributed by atoms with E-state index in [1.165, 1.54) is 12.0 Å². The number of benzene rings is 1. The minimum Gasteiger partial charge on any atom is -0.315 e. The Bertz CT molecular complexity index is 359. The van der Waals surface area contributed by atoms with Gasteiger partial charge in [0.2, 0.25) is 0 Å². The van der Waals surface area contributed by atoms with Crippen LogP contribution in [0.4, 0.5) is 4.39 Å². The summed E-state index contributed by atoms with van der Waals surface area (Å²) < 4.78 is 13.1. The quantitative estimate of drug-likeness (QED) is 0.840. The van der Waals surface area contributed by atoms with Crippen molar-refractivity contribution in [2.45, 2.75) is 25.9 Å². The molecule has 0 spiro atoms. The number of rotatable bonds is 3. The molecule has 2 rings (SSSR count). The average molecular weight is 222 g/mol. The standard InChI is InChI=1S/C13H19FN2/c1-10-7-11(3-4-13(10)14)9-16(2)12-5-6-15-8-12/h3-4,7,12,15H,5-6,8-9H2,1-2H3. The maximum Gasteiger partial charge on any atom is 0.126 e. The summed E-state index contributed by atoms with van der Waals surface area (Å²) in [6.45, 7) is 4.89. The number of aryl methyl sites for hydroxylation is 1. The highest BCUT2D eigenvalue weighted by atomic mass is 19.1. The van der Waals surface area contributed by atoms with Crippen molar-refractivity contribution in [2.24, 2.45) is 0 Å². The Hall–Kier alpha value is -0.930. The van der Waals surface area contributed by atoms with Crippen LogP contribution in [0.25, 0.3) is 0 Å². The Labute approximate surface area is 96.5 Å². The lowest BCUT2D eigenvalue weighted by Gasteiger charge is -2.23. The van der Waals surface area contributed by atoms with E-state index in [1.807, 2.05) is 19.1 Å². The molecular formula is C13H19FN2. The lowest BCUT2D eigenvalue weighted by Crippen LogP contribution is -2.32. The highest BCUT2D eigenvalue weighted by molar-refractivity contribution is 5.23. The van der Waals surface area contributed by atoms with Crippen LogP contribution in [0.15, 0.2) is 18.2 Å². The summed E-state index contributed by atoms with van der Waals surface area (Å²) in [4.78, 5) is 2.34. The summed E-state index contributed by atoms with van der Waals surface area (Å²) in [5, 5.41) is 3.36. The first-order chi connectivity index (χ1) is 7.66. The number of nitrogens with zero attached hydrogens (tertiary/aromatic N) is 1. The molecule has 1 aliphatic rings. The van der Waals surface area contributed by atoms with Gasteiger partial charge in [0.1, 0.15) is 5.82 Å². The van der Waals surface area contributed by atoms with Crippen molar-refractivity contribution in [3.63, 3.8) is 0 Å². The Kier molecular flexibility index (Phi) is 3.56. The Morgan fingerprint density at radius 3 is 2.94 bits per heavy atom. The predicted molar refractivity (Wildman–Crippen MR) is 63.9 cm³/mol. The highest BCUT2D eigenvalue weighted by Gasteiger charge is 2.18. The van der Waals surface area contributed by atoms with Crippen LogP contribution >= 0.6 is 0 Å². The van der Waals surface area contributed by atoms with E-state index in [2.05, 4.69) is 17.3 Å². The maximum atomic E-state index is 13.1. The van der Waals surface area contributed by atoms with Gasteiger partial charge in [0.15, 0.2) is 0 Å². The zero-order chi connectivity index (χ0) is 11.5. The van der Waals surface area contributed by atoms with Crippen LogP contribution < -0.4 is 5.32 Å². The first kappa shape index (κ1) is 11.6. The van der Waals surface area contributed by atoms with Gasteiger partial charge in [-0.2, -0.15) is 0 Å². The molecule has 0 bridgehead atoms. The molecule has 1 fully saturated rings. The van der Waals surface area contributed by atoms with E-state index in [0.29, 0.717) is 6.04 Å². The van der Waals surface area contributed by atoms with Crippen LogP contribution in [0.1, 0.15) is 17.5 Å². The van der Waals surface area contributed by atoms with Crippen LogP contribution in [-0.2, 0) is 6.54 Å². The van der Waals surface area contributed by atoms with Crippen molar-refractivity contribution in [3.05, 3.63) is 35.1 Å². The van der Waals surface area contributed by atoms with Crippen molar-refractivity contribution in [2.75, 3.05) is 20.1 Å². The molecule has 1 aliphatic heterocycles. The van der Waals surface area contributed by atoms with E-state index in [-0.39, 0.29) is 5.82 Å². The third-order valence-electron chi connectivity index (χ3n) is 3.31. The van der Waals surface area contributed by atoms with E-state index in [9.17, 15) is 4.39 Å². The fraction of sp³-hybridized carbons (Fsp3) is 0.538. The number of likely N-dealkylation sites (N-methyl/N-ethyl adjacent to an activating group) is 1. The minimum atomic E-state index is -0.117. The molecule has 16 heavy (non-hydrogen) atoms. The molecule has 2 nitrogen and oxygen atoms in total. The second-order valence-corrected chi connectivity index (χ2v) is 4.65. The van der Waals surface area contributed by atoms with Gasteiger partial charge in [-0.3, -0.25) is 4.90 Å². The smallest absolute Gasteiger partial charge is 0.126 e. The topological polar surface area (TPSA) is 15.3 Å². The zero-order valence-corrected chi connectivity index (χ0v) is 9.96. The summed E-state index contributed by atoms with van der Waals surface area (Å²) in [5.74, 6) is -0.117. The van der Waals surface area contributed by atoms with Crippen molar-refractivity contribution in [1.82, 2.24) is 10.2 Å². The molecule has 88 valence electrons. The molecular weight excluding hydrogens is 203 g/mol. The molecule has 1 aromatic rings. The van der Waals surface area contributed by atoms with Crippen LogP contribution in [-0.4, -0.2) is 31.1 Å². The lowest BCUT2D eigenvalue weighted by molar-refractivity contribution is 0.249. The maximum absolute atomic E-state index is 13.1. The van der Waals surface area contributed by atoms with E-state index in [4.69, 9.17) is 0 Å². The second kappa shape index (κ2) is 4.93. The van der Waals surface area contributed by atoms with Gasteiger partial charge in [-0.05, 0) is 44.1 Å². The number of nitrogens with one attached hydrogen (secondary N) is 1. The first-order valence-corrected chi connectivity index (χ1v) is 5.83. The Morgan fingerprint density at radius 1 is 1.50 bits per heavy atom. The zero-order valence-electron chi connectivity index (χ0n) is 9.96. The summed E-state index contributed by atoms with van der Waals surface area (Å²) in [6, 6.07) is 5.99. The third-order valence-corrected chi connectivity index (χ3v) is 3.31. The van der Waals surface area contributed by atoms with Gasteiger partial charge in [0.05, 0.1) is 0 Å². The molecule has 0 aliphatic carbocycles. The normalized spacial score (nSPS) is 20.6. The van der Waals surface area contributed by atoms with Gasteiger partial charge in [-0.15, -0.1) is 0 Å². The van der Waals surface area contributed by atoms with Crippen LogP contribution in [0, 0.1) is 12.7 Å². The predicted octanol–water partition coefficient (Wildman–Crippen LogP) is 1.93. The first-order valence-electron chi connectivity index (χ1n) is 5.83. The molecule has 1 heterocycles. The summed E-state index contributed by atoms with van der Waals surface area (Å²) in [7, 11) is 2.14. The van der Waals surface area contributed by atoms with Crippen molar-refractivity contribution < 1.29 is 4.39 Å². The molecule has 0 aromatic heterocycles. The minimum absolute atomic E-state index is 0.117. The Balaban J connectivity index is 1.99. The van der Waals surface area contributed by atoms with Crippen molar-refractivity contribution >= 4 is 0 Å². The highest BCUT2D eigenvalue weighted by Crippen LogP contribution is 2.14. The van der Waals surface area contributed by atoms with Gasteiger partial charge < -0.3 is 5.32 Å². The molecule has 1 N–H and O–H groups in total. The Morgan fingerprint density at radius 2 is 2.31 bits per heavy atom. The van der Waals surface area contributed by atoms with Crippen molar-refractivity contribution in [3.8, 4) is 0 Å². The molecule has 3 heteroatoms. The molecule has 0 amide bonds. The number of hydrogen-bond donors (Lipinski definition) is 1. The number of hydrogen-bond acceptors (Lipinski definition) is 2. The van der Waals surface area contributed by atoms with Gasteiger partial charge in [0, 0.05) is 19.1 Å². The van der Waals surface area contributed by atoms with Crippen molar-refractivity contribution in [1.29, 1.82) is 0 Å². The fourth-order valence-corrected chi connectivity index (χ4v) is 2.24. The SMILES string of the molecule is Cc1cc(CN(C)C2CCNC2)ccc1F. The van der Waals surface area contributed by atoms with E-state index in [1.54, 1.807) is 6.07 Å². The summed E-state index contributed by atoms with van der Waals surface area (Å²) in [5.41, 5.74) is 1.92. The second-order valence-electron chi connectivity index (χ2n) is 4.65. The third kappa shape index (κ3) is 2.60. The lowest BCUT2D eigenvalue weighted by atomic mass is 10.1. The van der Waals surface area contributed by atoms with E-state index >= 15 is 0 Å². The fourth-order valence-electron chi connectivity index (χ4n) is 2.24.